The van der Waals surface area contributed by atoms with Crippen LogP contribution >= 0.6 is 23.2 Å². The summed E-state index contributed by atoms with van der Waals surface area (Å²) in [7, 11) is 0. The molecule has 0 saturated heterocycles. The number of nitrogens with one attached hydrogen (secondary N) is 1. The highest BCUT2D eigenvalue weighted by Crippen LogP contribution is 2.23. The van der Waals surface area contributed by atoms with Crippen molar-refractivity contribution in [1.29, 1.82) is 0 Å². The lowest BCUT2D eigenvalue weighted by Crippen LogP contribution is -2.32. The summed E-state index contributed by atoms with van der Waals surface area (Å²) in [5.74, 6) is 0.463. The molecule has 6 heteroatoms. The number of benzene rings is 1. The number of aryl methyl sites for hydroxylation is 1. The maximum atomic E-state index is 5.96. The molecular weight excluding hydrogens is 295 g/mol. The molecule has 0 aliphatic rings. The van der Waals surface area contributed by atoms with Crippen LogP contribution in [0.25, 0.3) is 0 Å². The fourth-order valence-electron chi connectivity index (χ4n) is 1.86. The van der Waals surface area contributed by atoms with Crippen LogP contribution in [0.4, 0.5) is 5.82 Å². The molecule has 1 heterocycles. The summed E-state index contributed by atoms with van der Waals surface area (Å²) in [5, 5.41) is 10.9. The molecule has 0 aliphatic carbocycles. The highest BCUT2D eigenvalue weighted by atomic mass is 35.5. The second-order valence-electron chi connectivity index (χ2n) is 5.21. The molecule has 20 heavy (non-hydrogen) atoms. The van der Waals surface area contributed by atoms with Gasteiger partial charge in [-0.3, -0.25) is 0 Å². The summed E-state index contributed by atoms with van der Waals surface area (Å²) < 4.78 is 0. The average molecular weight is 311 g/mol. The molecule has 2 rings (SSSR count). The zero-order chi connectivity index (χ0) is 14.6. The third-order valence-electron chi connectivity index (χ3n) is 2.96. The third-order valence-corrected chi connectivity index (χ3v) is 3.37. The molecule has 0 aliphatic heterocycles. The highest BCUT2D eigenvalue weighted by molar-refractivity contribution is 6.32. The minimum absolute atomic E-state index is 0.0794. The van der Waals surface area contributed by atoms with E-state index in [9.17, 15) is 0 Å². The van der Waals surface area contributed by atoms with Gasteiger partial charge in [0, 0.05) is 5.54 Å². The van der Waals surface area contributed by atoms with Crippen LogP contribution in [0.3, 0.4) is 0 Å². The molecule has 0 unspecified atom stereocenters. The summed E-state index contributed by atoms with van der Waals surface area (Å²) in [5.41, 5.74) is 1.12. The van der Waals surface area contributed by atoms with Gasteiger partial charge in [0.25, 0.3) is 0 Å². The van der Waals surface area contributed by atoms with Crippen molar-refractivity contribution in [1.82, 2.24) is 15.2 Å². The van der Waals surface area contributed by atoms with E-state index < -0.39 is 0 Å². The van der Waals surface area contributed by atoms with E-state index in [-0.39, 0.29) is 16.0 Å². The van der Waals surface area contributed by atoms with Crippen LogP contribution in [-0.4, -0.2) is 20.7 Å². The van der Waals surface area contributed by atoms with Gasteiger partial charge in [0.15, 0.2) is 11.0 Å². The monoisotopic (exact) mass is 310 g/mol. The van der Waals surface area contributed by atoms with Crippen molar-refractivity contribution >= 4 is 29.0 Å². The lowest BCUT2D eigenvalue weighted by Gasteiger charge is -2.27. The van der Waals surface area contributed by atoms with E-state index in [1.165, 1.54) is 5.56 Å². The van der Waals surface area contributed by atoms with Crippen LogP contribution in [0.2, 0.25) is 10.4 Å². The van der Waals surface area contributed by atoms with Crippen molar-refractivity contribution in [2.24, 2.45) is 0 Å². The van der Waals surface area contributed by atoms with Crippen LogP contribution in [-0.2, 0) is 6.42 Å². The van der Waals surface area contributed by atoms with Crippen molar-refractivity contribution in [2.75, 3.05) is 5.32 Å². The van der Waals surface area contributed by atoms with Gasteiger partial charge in [-0.2, -0.15) is 4.98 Å². The second-order valence-corrected chi connectivity index (χ2v) is 5.91. The second kappa shape index (κ2) is 6.37. The molecule has 1 aromatic carbocycles. The molecule has 0 fully saturated rings. The van der Waals surface area contributed by atoms with Gasteiger partial charge in [0.2, 0.25) is 5.28 Å². The zero-order valence-corrected chi connectivity index (χ0v) is 12.9. The Morgan fingerprint density at radius 3 is 2.50 bits per heavy atom. The topological polar surface area (TPSA) is 50.7 Å². The maximum absolute atomic E-state index is 5.96. The van der Waals surface area contributed by atoms with Crippen LogP contribution < -0.4 is 5.32 Å². The van der Waals surface area contributed by atoms with Gasteiger partial charge >= 0.3 is 0 Å². The summed E-state index contributed by atoms with van der Waals surface area (Å²) in [4.78, 5) is 4.06. The number of halogens is 2. The minimum Gasteiger partial charge on any atom is -0.362 e. The minimum atomic E-state index is -0.182. The molecule has 0 bridgehead atoms. The van der Waals surface area contributed by atoms with E-state index in [4.69, 9.17) is 23.2 Å². The van der Waals surface area contributed by atoms with Crippen LogP contribution in [0, 0.1) is 0 Å². The molecule has 1 aromatic heterocycles. The predicted octanol–water partition coefficient (Wildman–Crippen LogP) is 4.00. The number of anilines is 1. The standard InChI is InChI=1S/C14H16Cl2N4/c1-14(2,9-8-10-6-4-3-5-7-10)18-12-11(15)19-20-13(16)17-12/h3-7H,8-9H2,1-2H3,(H,17,18,20). The normalized spacial score (nSPS) is 11.4. The Hall–Kier alpha value is -1.39. The van der Waals surface area contributed by atoms with E-state index in [0.717, 1.165) is 12.8 Å². The Kier molecular flexibility index (Phi) is 4.78. The average Bonchev–Trinajstić information content (AvgIpc) is 2.42. The van der Waals surface area contributed by atoms with Crippen molar-refractivity contribution < 1.29 is 0 Å². The molecule has 0 radical (unpaired) electrons. The highest BCUT2D eigenvalue weighted by Gasteiger charge is 2.20. The fourth-order valence-corrected chi connectivity index (χ4v) is 2.11. The first kappa shape index (κ1) is 15.0. The Bertz CT molecular complexity index is 573. The molecule has 0 saturated carbocycles. The van der Waals surface area contributed by atoms with Crippen molar-refractivity contribution in [3.8, 4) is 0 Å². The quantitative estimate of drug-likeness (QED) is 0.906. The summed E-state index contributed by atoms with van der Waals surface area (Å²) >= 11 is 11.7. The number of hydrogen-bond donors (Lipinski definition) is 1. The van der Waals surface area contributed by atoms with E-state index >= 15 is 0 Å². The van der Waals surface area contributed by atoms with Crippen LogP contribution in [0.15, 0.2) is 30.3 Å². The molecule has 106 valence electrons. The van der Waals surface area contributed by atoms with Crippen molar-refractivity contribution in [3.05, 3.63) is 46.3 Å². The first-order valence-corrected chi connectivity index (χ1v) is 7.10. The molecule has 0 amide bonds. The summed E-state index contributed by atoms with van der Waals surface area (Å²) in [6.07, 6.45) is 1.89. The SMILES string of the molecule is CC(C)(CCc1ccccc1)Nc1nc(Cl)nnc1Cl. The number of nitrogens with zero attached hydrogens (tertiary/aromatic N) is 3. The Balaban J connectivity index is 2.01. The largest absolute Gasteiger partial charge is 0.362 e. The van der Waals surface area contributed by atoms with Gasteiger partial charge in [0.1, 0.15) is 0 Å². The number of hydrogen-bond acceptors (Lipinski definition) is 4. The zero-order valence-electron chi connectivity index (χ0n) is 11.4. The predicted molar refractivity (Wildman–Crippen MR) is 82.3 cm³/mol. The molecule has 2 aromatic rings. The lowest BCUT2D eigenvalue weighted by molar-refractivity contribution is 0.516. The number of aromatic nitrogens is 3. The van der Waals surface area contributed by atoms with E-state index in [1.54, 1.807) is 0 Å². The lowest BCUT2D eigenvalue weighted by atomic mass is 9.95. The van der Waals surface area contributed by atoms with Gasteiger partial charge in [-0.05, 0) is 43.9 Å². The molecule has 0 atom stereocenters. The summed E-state index contributed by atoms with van der Waals surface area (Å²) in [6.45, 7) is 4.17. The smallest absolute Gasteiger partial charge is 0.245 e. The first-order valence-electron chi connectivity index (χ1n) is 6.34. The van der Waals surface area contributed by atoms with Gasteiger partial charge in [-0.25, -0.2) is 0 Å². The van der Waals surface area contributed by atoms with Gasteiger partial charge in [-0.15, -0.1) is 10.2 Å². The van der Waals surface area contributed by atoms with Gasteiger partial charge < -0.3 is 5.32 Å². The Morgan fingerprint density at radius 1 is 1.10 bits per heavy atom. The van der Waals surface area contributed by atoms with Gasteiger partial charge in [-0.1, -0.05) is 41.9 Å². The molecular formula is C14H16Cl2N4. The van der Waals surface area contributed by atoms with E-state index in [0.29, 0.717) is 5.82 Å². The molecule has 4 nitrogen and oxygen atoms in total. The summed E-state index contributed by atoms with van der Waals surface area (Å²) in [6, 6.07) is 10.3. The fraction of sp³-hybridized carbons (Fsp3) is 0.357. The van der Waals surface area contributed by atoms with E-state index in [1.807, 2.05) is 18.2 Å². The molecule has 0 spiro atoms. The number of rotatable bonds is 5. The molecule has 1 N–H and O–H groups in total. The van der Waals surface area contributed by atoms with Crippen molar-refractivity contribution in [3.63, 3.8) is 0 Å². The van der Waals surface area contributed by atoms with E-state index in [2.05, 4.69) is 46.5 Å². The van der Waals surface area contributed by atoms with Crippen LogP contribution in [0.5, 0.6) is 0 Å². The third kappa shape index (κ3) is 4.32. The Labute approximate surface area is 128 Å². The van der Waals surface area contributed by atoms with Crippen LogP contribution in [0.1, 0.15) is 25.8 Å². The van der Waals surface area contributed by atoms with Crippen molar-refractivity contribution in [2.45, 2.75) is 32.2 Å². The maximum Gasteiger partial charge on any atom is 0.245 e. The first-order chi connectivity index (χ1) is 9.46. The Morgan fingerprint density at radius 2 is 1.80 bits per heavy atom. The van der Waals surface area contributed by atoms with Gasteiger partial charge in [0.05, 0.1) is 0 Å².